The van der Waals surface area contributed by atoms with Crippen molar-refractivity contribution >= 4 is 37.5 Å². The van der Waals surface area contributed by atoms with Crippen LogP contribution in [0.5, 0.6) is 11.5 Å². The van der Waals surface area contributed by atoms with E-state index in [1.165, 1.54) is 6.20 Å². The summed E-state index contributed by atoms with van der Waals surface area (Å²) < 4.78 is 7.07. The third kappa shape index (κ3) is 3.61. The molecule has 0 unspecified atom stereocenters. The molecule has 0 fully saturated rings. The van der Waals surface area contributed by atoms with Gasteiger partial charge >= 0.3 is 0 Å². The lowest BCUT2D eigenvalue weighted by atomic mass is 10.3. The third-order valence-corrected chi connectivity index (χ3v) is 3.79. The number of nitrogens with one attached hydrogen (secondary N) is 1. The minimum absolute atomic E-state index is 0.162. The molecule has 0 bridgehead atoms. The monoisotopic (exact) mass is 386 g/mol. The van der Waals surface area contributed by atoms with Crippen molar-refractivity contribution in [3.63, 3.8) is 0 Å². The van der Waals surface area contributed by atoms with Gasteiger partial charge in [0.1, 0.15) is 11.5 Å². The number of anilines is 1. The Morgan fingerprint density at radius 2 is 2.05 bits per heavy atom. The minimum Gasteiger partial charge on any atom is -0.506 e. The van der Waals surface area contributed by atoms with E-state index in [0.29, 0.717) is 6.54 Å². The fraction of sp³-hybridized carbons (Fsp3) is 0.154. The van der Waals surface area contributed by atoms with Gasteiger partial charge in [-0.1, -0.05) is 0 Å². The summed E-state index contributed by atoms with van der Waals surface area (Å²) in [6, 6.07) is 7.20. The van der Waals surface area contributed by atoms with Gasteiger partial charge in [0.05, 0.1) is 35.7 Å². The van der Waals surface area contributed by atoms with Crippen LogP contribution in [0.1, 0.15) is 5.69 Å². The van der Waals surface area contributed by atoms with Crippen LogP contribution in [0.25, 0.3) is 0 Å². The van der Waals surface area contributed by atoms with Crippen LogP contribution in [0, 0.1) is 0 Å². The van der Waals surface area contributed by atoms with Gasteiger partial charge in [-0.3, -0.25) is 4.98 Å². The predicted octanol–water partition coefficient (Wildman–Crippen LogP) is 3.93. The third-order valence-electron chi connectivity index (χ3n) is 2.51. The van der Waals surface area contributed by atoms with Crippen LogP contribution in [0.2, 0.25) is 0 Å². The molecule has 0 atom stereocenters. The second-order valence-corrected chi connectivity index (χ2v) is 5.54. The Morgan fingerprint density at radius 1 is 1.26 bits per heavy atom. The molecule has 1 heterocycles. The average Bonchev–Trinajstić information content (AvgIpc) is 2.40. The first-order valence-corrected chi connectivity index (χ1v) is 7.09. The van der Waals surface area contributed by atoms with Crippen LogP contribution in [0.15, 0.2) is 39.4 Å². The highest BCUT2D eigenvalue weighted by Gasteiger charge is 2.07. The fourth-order valence-corrected chi connectivity index (χ4v) is 2.82. The molecule has 2 N–H and O–H groups in total. The van der Waals surface area contributed by atoms with Gasteiger partial charge in [0.25, 0.3) is 0 Å². The van der Waals surface area contributed by atoms with Gasteiger partial charge in [0.2, 0.25) is 0 Å². The Kier molecular flexibility index (Phi) is 4.66. The lowest BCUT2D eigenvalue weighted by molar-refractivity contribution is 0.412. The summed E-state index contributed by atoms with van der Waals surface area (Å²) in [5.41, 5.74) is 1.75. The molecule has 0 aliphatic rings. The lowest BCUT2D eigenvalue weighted by Crippen LogP contribution is -2.02. The molecule has 0 aliphatic carbocycles. The molecule has 6 heteroatoms. The molecule has 19 heavy (non-hydrogen) atoms. The van der Waals surface area contributed by atoms with Crippen LogP contribution in [0.4, 0.5) is 5.69 Å². The van der Waals surface area contributed by atoms with Crippen LogP contribution >= 0.6 is 31.9 Å². The van der Waals surface area contributed by atoms with Crippen molar-refractivity contribution in [3.05, 3.63) is 45.1 Å². The van der Waals surface area contributed by atoms with Gasteiger partial charge in [-0.15, -0.1) is 0 Å². The van der Waals surface area contributed by atoms with Gasteiger partial charge in [0.15, 0.2) is 0 Å². The maximum absolute atomic E-state index is 9.17. The highest BCUT2D eigenvalue weighted by atomic mass is 79.9. The van der Waals surface area contributed by atoms with Gasteiger partial charge in [-0.2, -0.15) is 0 Å². The van der Waals surface area contributed by atoms with E-state index in [4.69, 9.17) is 4.74 Å². The van der Waals surface area contributed by atoms with Crippen LogP contribution < -0.4 is 10.1 Å². The SMILES string of the molecule is COc1cc(NCc2ccc(O)cn2)c(Br)cc1Br. The number of hydrogen-bond acceptors (Lipinski definition) is 4. The summed E-state index contributed by atoms with van der Waals surface area (Å²) in [6.07, 6.45) is 1.42. The summed E-state index contributed by atoms with van der Waals surface area (Å²) in [4.78, 5) is 4.11. The Morgan fingerprint density at radius 3 is 2.68 bits per heavy atom. The molecule has 0 spiro atoms. The van der Waals surface area contributed by atoms with Crippen molar-refractivity contribution in [3.8, 4) is 11.5 Å². The first kappa shape index (κ1) is 14.1. The molecule has 0 saturated carbocycles. The number of methoxy groups -OCH3 is 1. The largest absolute Gasteiger partial charge is 0.506 e. The van der Waals surface area contributed by atoms with Gasteiger partial charge < -0.3 is 15.2 Å². The fourth-order valence-electron chi connectivity index (χ4n) is 1.53. The summed E-state index contributed by atoms with van der Waals surface area (Å²) in [7, 11) is 1.62. The zero-order chi connectivity index (χ0) is 13.8. The van der Waals surface area contributed by atoms with E-state index in [1.54, 1.807) is 19.2 Å². The second-order valence-electron chi connectivity index (χ2n) is 3.83. The van der Waals surface area contributed by atoms with Gasteiger partial charge in [0, 0.05) is 10.5 Å². The van der Waals surface area contributed by atoms with Crippen molar-refractivity contribution in [2.75, 3.05) is 12.4 Å². The molecule has 2 aromatic rings. The average molecular weight is 388 g/mol. The number of aromatic hydroxyl groups is 1. The van der Waals surface area contributed by atoms with E-state index in [0.717, 1.165) is 26.1 Å². The number of aromatic nitrogens is 1. The van der Waals surface area contributed by atoms with Gasteiger partial charge in [-0.25, -0.2) is 0 Å². The number of halogens is 2. The molecule has 0 saturated heterocycles. The van der Waals surface area contributed by atoms with Crippen molar-refractivity contribution in [1.29, 1.82) is 0 Å². The lowest BCUT2D eigenvalue weighted by Gasteiger charge is -2.11. The molecule has 2 rings (SSSR count). The van der Waals surface area contributed by atoms with Crippen LogP contribution in [-0.2, 0) is 6.54 Å². The molecule has 4 nitrogen and oxygen atoms in total. The van der Waals surface area contributed by atoms with Crippen molar-refractivity contribution in [1.82, 2.24) is 4.98 Å². The number of nitrogens with zero attached hydrogens (tertiary/aromatic N) is 1. The highest BCUT2D eigenvalue weighted by molar-refractivity contribution is 9.11. The Bertz CT molecular complexity index is 574. The first-order valence-electron chi connectivity index (χ1n) is 5.51. The Balaban J connectivity index is 2.13. The zero-order valence-corrected chi connectivity index (χ0v) is 13.3. The Labute approximate surface area is 128 Å². The van der Waals surface area contributed by atoms with Crippen LogP contribution in [-0.4, -0.2) is 17.2 Å². The first-order chi connectivity index (χ1) is 9.10. The second kappa shape index (κ2) is 6.25. The van der Waals surface area contributed by atoms with E-state index in [2.05, 4.69) is 42.2 Å². The van der Waals surface area contributed by atoms with Crippen LogP contribution in [0.3, 0.4) is 0 Å². The van der Waals surface area contributed by atoms with E-state index in [-0.39, 0.29) is 5.75 Å². The molecular formula is C13H12Br2N2O2. The molecule has 0 amide bonds. The summed E-state index contributed by atoms with van der Waals surface area (Å²) in [5.74, 6) is 0.916. The summed E-state index contributed by atoms with van der Waals surface area (Å²) in [5, 5.41) is 12.4. The maximum Gasteiger partial charge on any atom is 0.135 e. The number of ether oxygens (including phenoxy) is 1. The zero-order valence-electron chi connectivity index (χ0n) is 10.2. The number of rotatable bonds is 4. The van der Waals surface area contributed by atoms with Crippen molar-refractivity contribution < 1.29 is 9.84 Å². The molecule has 100 valence electrons. The molecule has 1 aromatic carbocycles. The standard InChI is InChI=1S/C13H12Br2N2O2/c1-19-13-5-12(10(14)4-11(13)15)17-6-8-2-3-9(18)7-16-8/h2-5,7,17-18H,6H2,1H3. The smallest absolute Gasteiger partial charge is 0.135 e. The van der Waals surface area contributed by atoms with Crippen molar-refractivity contribution in [2.24, 2.45) is 0 Å². The quantitative estimate of drug-likeness (QED) is 0.834. The topological polar surface area (TPSA) is 54.4 Å². The van der Waals surface area contributed by atoms with Gasteiger partial charge in [-0.05, 0) is 50.1 Å². The summed E-state index contributed by atoms with van der Waals surface area (Å²) in [6.45, 7) is 0.559. The predicted molar refractivity (Wildman–Crippen MR) is 81.6 cm³/mol. The number of pyridine rings is 1. The van der Waals surface area contributed by atoms with E-state index < -0.39 is 0 Å². The molecule has 0 radical (unpaired) electrons. The summed E-state index contributed by atoms with van der Waals surface area (Å²) >= 11 is 6.91. The number of benzene rings is 1. The highest BCUT2D eigenvalue weighted by Crippen LogP contribution is 2.34. The molecular weight excluding hydrogens is 376 g/mol. The number of hydrogen-bond donors (Lipinski definition) is 2. The Hall–Kier alpha value is -1.27. The van der Waals surface area contributed by atoms with E-state index in [9.17, 15) is 5.11 Å². The molecule has 1 aromatic heterocycles. The molecule has 0 aliphatic heterocycles. The maximum atomic E-state index is 9.17. The van der Waals surface area contributed by atoms with Crippen molar-refractivity contribution in [2.45, 2.75) is 6.54 Å². The van der Waals surface area contributed by atoms with E-state index >= 15 is 0 Å². The van der Waals surface area contributed by atoms with E-state index in [1.807, 2.05) is 12.1 Å². The minimum atomic E-state index is 0.162. The normalized spacial score (nSPS) is 10.3.